The molecular formula is C18H24N4O. The van der Waals surface area contributed by atoms with E-state index in [1.807, 2.05) is 31.2 Å². The van der Waals surface area contributed by atoms with Crippen LogP contribution in [0.2, 0.25) is 0 Å². The molecule has 122 valence electrons. The molecular weight excluding hydrogens is 288 g/mol. The van der Waals surface area contributed by atoms with Gasteiger partial charge in [-0.1, -0.05) is 13.0 Å². The van der Waals surface area contributed by atoms with Crippen molar-refractivity contribution in [2.75, 3.05) is 30.4 Å². The summed E-state index contributed by atoms with van der Waals surface area (Å²) in [7, 11) is 1.66. The van der Waals surface area contributed by atoms with Gasteiger partial charge >= 0.3 is 0 Å². The van der Waals surface area contributed by atoms with Crippen LogP contribution in [-0.2, 0) is 0 Å². The van der Waals surface area contributed by atoms with Gasteiger partial charge in [-0.2, -0.15) is 4.98 Å². The van der Waals surface area contributed by atoms with Gasteiger partial charge in [0.25, 0.3) is 0 Å². The Morgan fingerprint density at radius 1 is 1.17 bits per heavy atom. The Bertz CT molecular complexity index is 666. The highest BCUT2D eigenvalue weighted by atomic mass is 16.5. The summed E-state index contributed by atoms with van der Waals surface area (Å²) in [6, 6.07) is 9.85. The van der Waals surface area contributed by atoms with Crippen LogP contribution in [0.1, 0.15) is 25.5 Å². The lowest BCUT2D eigenvalue weighted by molar-refractivity contribution is 0.415. The quantitative estimate of drug-likeness (QED) is 0.931. The highest BCUT2D eigenvalue weighted by Gasteiger charge is 2.18. The molecule has 2 aromatic rings. The van der Waals surface area contributed by atoms with Gasteiger partial charge in [0, 0.05) is 36.6 Å². The number of nitrogens with one attached hydrogen (secondary N) is 1. The minimum absolute atomic E-state index is 0.631. The number of ether oxygens (including phenoxy) is 1. The van der Waals surface area contributed by atoms with Crippen molar-refractivity contribution in [1.82, 2.24) is 9.97 Å². The average molecular weight is 312 g/mol. The van der Waals surface area contributed by atoms with Crippen molar-refractivity contribution in [3.8, 4) is 5.75 Å². The topological polar surface area (TPSA) is 50.3 Å². The van der Waals surface area contributed by atoms with Crippen molar-refractivity contribution < 1.29 is 4.74 Å². The van der Waals surface area contributed by atoms with Crippen LogP contribution >= 0.6 is 0 Å². The average Bonchev–Trinajstić information content (AvgIpc) is 2.55. The first-order valence-corrected chi connectivity index (χ1v) is 8.16. The maximum absolute atomic E-state index is 5.26. The number of methoxy groups -OCH3 is 1. The van der Waals surface area contributed by atoms with E-state index in [2.05, 4.69) is 28.2 Å². The van der Waals surface area contributed by atoms with Crippen molar-refractivity contribution in [2.45, 2.75) is 26.7 Å². The molecule has 1 aromatic carbocycles. The highest BCUT2D eigenvalue weighted by Crippen LogP contribution is 2.24. The monoisotopic (exact) mass is 312 g/mol. The molecule has 5 heteroatoms. The number of nitrogens with zero attached hydrogens (tertiary/aromatic N) is 3. The van der Waals surface area contributed by atoms with E-state index < -0.39 is 0 Å². The second-order valence-corrected chi connectivity index (χ2v) is 6.22. The molecule has 3 rings (SSSR count). The minimum atomic E-state index is 0.631. The summed E-state index contributed by atoms with van der Waals surface area (Å²) < 4.78 is 5.26. The maximum atomic E-state index is 5.26. The minimum Gasteiger partial charge on any atom is -0.497 e. The first-order chi connectivity index (χ1) is 11.1. The number of rotatable bonds is 4. The zero-order chi connectivity index (χ0) is 16.2. The predicted molar refractivity (Wildman–Crippen MR) is 93.7 cm³/mol. The fraction of sp³-hybridized carbons (Fsp3) is 0.444. The molecule has 0 radical (unpaired) electrons. The van der Waals surface area contributed by atoms with Gasteiger partial charge in [0.1, 0.15) is 11.6 Å². The van der Waals surface area contributed by atoms with Gasteiger partial charge in [0.05, 0.1) is 7.11 Å². The molecule has 0 atom stereocenters. The molecule has 0 aliphatic carbocycles. The van der Waals surface area contributed by atoms with E-state index in [1.54, 1.807) is 7.11 Å². The van der Waals surface area contributed by atoms with Crippen LogP contribution in [-0.4, -0.2) is 30.2 Å². The highest BCUT2D eigenvalue weighted by molar-refractivity contribution is 5.57. The zero-order valence-electron chi connectivity index (χ0n) is 14.0. The first-order valence-electron chi connectivity index (χ1n) is 8.16. The Labute approximate surface area is 137 Å². The van der Waals surface area contributed by atoms with Crippen LogP contribution in [0.3, 0.4) is 0 Å². The van der Waals surface area contributed by atoms with Crippen molar-refractivity contribution in [2.24, 2.45) is 5.92 Å². The Morgan fingerprint density at radius 3 is 2.70 bits per heavy atom. The van der Waals surface area contributed by atoms with Crippen molar-refractivity contribution in [3.05, 3.63) is 36.0 Å². The van der Waals surface area contributed by atoms with Crippen LogP contribution < -0.4 is 15.0 Å². The van der Waals surface area contributed by atoms with Crippen molar-refractivity contribution in [1.29, 1.82) is 0 Å². The largest absolute Gasteiger partial charge is 0.497 e. The van der Waals surface area contributed by atoms with Crippen LogP contribution in [0.5, 0.6) is 5.75 Å². The van der Waals surface area contributed by atoms with E-state index in [0.29, 0.717) is 5.95 Å². The molecule has 1 N–H and O–H groups in total. The van der Waals surface area contributed by atoms with E-state index in [1.165, 1.54) is 12.8 Å². The predicted octanol–water partition coefficient (Wildman–Crippen LogP) is 3.77. The van der Waals surface area contributed by atoms with Crippen LogP contribution in [0.25, 0.3) is 0 Å². The summed E-state index contributed by atoms with van der Waals surface area (Å²) in [5.41, 5.74) is 1.90. The van der Waals surface area contributed by atoms with Gasteiger partial charge in [0.15, 0.2) is 0 Å². The molecule has 0 saturated carbocycles. The standard InChI is InChI=1S/C18H24N4O/c1-13-7-9-22(10-8-13)17-11-14(2)19-18(21-17)20-15-5-4-6-16(12-15)23-3/h4-6,11-13H,7-10H2,1-3H3,(H,19,20,21). The molecule has 1 aliphatic heterocycles. The number of benzene rings is 1. The number of aryl methyl sites for hydroxylation is 1. The molecule has 0 bridgehead atoms. The zero-order valence-corrected chi connectivity index (χ0v) is 14.0. The van der Waals surface area contributed by atoms with Gasteiger partial charge in [-0.3, -0.25) is 0 Å². The Balaban J connectivity index is 1.79. The molecule has 0 unspecified atom stereocenters. The van der Waals surface area contributed by atoms with E-state index in [4.69, 9.17) is 9.72 Å². The lowest BCUT2D eigenvalue weighted by Crippen LogP contribution is -2.33. The third-order valence-corrected chi connectivity index (χ3v) is 4.27. The summed E-state index contributed by atoms with van der Waals surface area (Å²) in [5.74, 6) is 3.26. The third-order valence-electron chi connectivity index (χ3n) is 4.27. The first kappa shape index (κ1) is 15.6. The van der Waals surface area contributed by atoms with Gasteiger partial charge in [-0.15, -0.1) is 0 Å². The summed E-state index contributed by atoms with van der Waals surface area (Å²) in [6.45, 7) is 6.46. The molecule has 1 aromatic heterocycles. The number of hydrogen-bond donors (Lipinski definition) is 1. The van der Waals surface area contributed by atoms with Gasteiger partial charge < -0.3 is 15.0 Å². The van der Waals surface area contributed by atoms with Crippen LogP contribution in [0.4, 0.5) is 17.5 Å². The van der Waals surface area contributed by atoms with Crippen molar-refractivity contribution in [3.63, 3.8) is 0 Å². The molecule has 0 amide bonds. The van der Waals surface area contributed by atoms with Crippen molar-refractivity contribution >= 4 is 17.5 Å². The van der Waals surface area contributed by atoms with Crippen LogP contribution in [0, 0.1) is 12.8 Å². The SMILES string of the molecule is COc1cccc(Nc2nc(C)cc(N3CCC(C)CC3)n2)c1. The lowest BCUT2D eigenvalue weighted by Gasteiger charge is -2.31. The summed E-state index contributed by atoms with van der Waals surface area (Å²) in [5, 5.41) is 3.28. The fourth-order valence-electron chi connectivity index (χ4n) is 2.84. The Morgan fingerprint density at radius 2 is 1.96 bits per heavy atom. The number of aromatic nitrogens is 2. The van der Waals surface area contributed by atoms with E-state index in [9.17, 15) is 0 Å². The molecule has 1 saturated heterocycles. The number of piperidine rings is 1. The second-order valence-electron chi connectivity index (χ2n) is 6.22. The van der Waals surface area contributed by atoms with E-state index >= 15 is 0 Å². The summed E-state index contributed by atoms with van der Waals surface area (Å²) in [6.07, 6.45) is 2.45. The molecule has 2 heterocycles. The lowest BCUT2D eigenvalue weighted by atomic mass is 9.99. The normalized spacial score (nSPS) is 15.5. The molecule has 23 heavy (non-hydrogen) atoms. The fourth-order valence-corrected chi connectivity index (χ4v) is 2.84. The Hall–Kier alpha value is -2.30. The summed E-state index contributed by atoms with van der Waals surface area (Å²) in [4.78, 5) is 11.6. The Kier molecular flexibility index (Phi) is 4.65. The molecule has 1 aliphatic rings. The maximum Gasteiger partial charge on any atom is 0.229 e. The molecule has 1 fully saturated rings. The summed E-state index contributed by atoms with van der Waals surface area (Å²) >= 11 is 0. The third kappa shape index (κ3) is 3.92. The van der Waals surface area contributed by atoms with Gasteiger partial charge in [-0.25, -0.2) is 4.98 Å². The van der Waals surface area contributed by atoms with E-state index in [0.717, 1.165) is 42.0 Å². The van der Waals surface area contributed by atoms with Gasteiger partial charge in [-0.05, 0) is 37.8 Å². The van der Waals surface area contributed by atoms with Crippen LogP contribution in [0.15, 0.2) is 30.3 Å². The molecule has 5 nitrogen and oxygen atoms in total. The molecule has 0 spiro atoms. The smallest absolute Gasteiger partial charge is 0.229 e. The number of anilines is 3. The van der Waals surface area contributed by atoms with Gasteiger partial charge in [0.2, 0.25) is 5.95 Å². The van der Waals surface area contributed by atoms with E-state index in [-0.39, 0.29) is 0 Å². The number of hydrogen-bond acceptors (Lipinski definition) is 5. The second kappa shape index (κ2) is 6.86.